The van der Waals surface area contributed by atoms with Gasteiger partial charge in [-0.3, -0.25) is 19.2 Å². The highest BCUT2D eigenvalue weighted by Gasteiger charge is 2.31. The van der Waals surface area contributed by atoms with Gasteiger partial charge in [-0.25, -0.2) is 8.42 Å². The quantitative estimate of drug-likeness (QED) is 0.514. The van der Waals surface area contributed by atoms with Gasteiger partial charge in [-0.2, -0.15) is 0 Å². The third-order valence-corrected chi connectivity index (χ3v) is 4.86. The average Bonchev–Trinajstić information content (AvgIpc) is 2.60. The van der Waals surface area contributed by atoms with Crippen molar-refractivity contribution in [2.45, 2.75) is 13.3 Å². The van der Waals surface area contributed by atoms with Crippen molar-refractivity contribution in [3.05, 3.63) is 58.1 Å². The highest BCUT2D eigenvalue weighted by molar-refractivity contribution is 7.92. The lowest BCUT2D eigenvalue weighted by Crippen LogP contribution is -2.37. The molecule has 0 fully saturated rings. The monoisotopic (exact) mass is 447 g/mol. The van der Waals surface area contributed by atoms with Gasteiger partial charge in [0.25, 0.3) is 5.69 Å². The van der Waals surface area contributed by atoms with Crippen LogP contribution in [0.2, 0.25) is 0 Å². The van der Waals surface area contributed by atoms with Crippen molar-refractivity contribution < 1.29 is 36.0 Å². The Morgan fingerprint density at radius 3 is 2.30 bits per heavy atom. The molecule has 2 aromatic carbocycles. The number of aryl methyl sites for hydroxylation is 1. The van der Waals surface area contributed by atoms with Crippen LogP contribution in [-0.2, 0) is 14.8 Å². The van der Waals surface area contributed by atoms with Crippen molar-refractivity contribution in [1.29, 1.82) is 0 Å². The van der Waals surface area contributed by atoms with Crippen LogP contribution in [0.5, 0.6) is 5.75 Å². The number of alkyl halides is 3. The van der Waals surface area contributed by atoms with E-state index in [1.165, 1.54) is 19.1 Å². The van der Waals surface area contributed by atoms with E-state index < -0.39 is 39.5 Å². The van der Waals surface area contributed by atoms with Gasteiger partial charge in [0.15, 0.2) is 0 Å². The van der Waals surface area contributed by atoms with E-state index >= 15 is 0 Å². The molecule has 0 atom stereocenters. The summed E-state index contributed by atoms with van der Waals surface area (Å²) < 4.78 is 65.3. The van der Waals surface area contributed by atoms with Gasteiger partial charge < -0.3 is 10.1 Å². The van der Waals surface area contributed by atoms with Crippen molar-refractivity contribution >= 4 is 33.0 Å². The van der Waals surface area contributed by atoms with Crippen LogP contribution in [0.25, 0.3) is 0 Å². The van der Waals surface area contributed by atoms with Crippen LogP contribution < -0.4 is 14.4 Å². The number of nitrogens with zero attached hydrogens (tertiary/aromatic N) is 2. The van der Waals surface area contributed by atoms with Crippen molar-refractivity contribution in [2.24, 2.45) is 0 Å². The maximum Gasteiger partial charge on any atom is 0.573 e. The van der Waals surface area contributed by atoms with Crippen LogP contribution >= 0.6 is 0 Å². The normalized spacial score (nSPS) is 11.6. The summed E-state index contributed by atoms with van der Waals surface area (Å²) in [4.78, 5) is 22.6. The maximum absolute atomic E-state index is 12.3. The van der Waals surface area contributed by atoms with Crippen LogP contribution in [0.15, 0.2) is 42.5 Å². The summed E-state index contributed by atoms with van der Waals surface area (Å²) in [5.74, 6) is -1.30. The predicted molar refractivity (Wildman–Crippen MR) is 102 cm³/mol. The fourth-order valence-electron chi connectivity index (χ4n) is 2.43. The Bertz CT molecular complexity index is 1060. The van der Waals surface area contributed by atoms with Crippen molar-refractivity contribution in [2.75, 3.05) is 22.4 Å². The van der Waals surface area contributed by atoms with Crippen molar-refractivity contribution in [1.82, 2.24) is 0 Å². The van der Waals surface area contributed by atoms with Crippen LogP contribution in [0.1, 0.15) is 5.56 Å². The minimum Gasteiger partial charge on any atom is -0.406 e. The molecule has 0 aromatic heterocycles. The zero-order valence-corrected chi connectivity index (χ0v) is 16.5. The molecule has 13 heteroatoms. The summed E-state index contributed by atoms with van der Waals surface area (Å²) in [5, 5.41) is 13.3. The molecule has 1 N–H and O–H groups in total. The number of nitrogens with one attached hydrogen (secondary N) is 1. The molecule has 0 unspecified atom stereocenters. The SMILES string of the molecule is Cc1ccc([N+](=O)[O-])cc1N(CC(=O)Nc1ccc(OC(F)(F)F)cc1)S(C)(=O)=O. The number of nitro benzene ring substituents is 1. The number of hydrogen-bond acceptors (Lipinski definition) is 6. The van der Waals surface area contributed by atoms with Crippen molar-refractivity contribution in [3.8, 4) is 5.75 Å². The molecule has 2 rings (SSSR count). The topological polar surface area (TPSA) is 119 Å². The van der Waals surface area contributed by atoms with E-state index in [0.717, 1.165) is 36.6 Å². The van der Waals surface area contributed by atoms with Gasteiger partial charge >= 0.3 is 6.36 Å². The summed E-state index contributed by atoms with van der Waals surface area (Å²) in [6.45, 7) is 0.816. The lowest BCUT2D eigenvalue weighted by molar-refractivity contribution is -0.384. The summed E-state index contributed by atoms with van der Waals surface area (Å²) in [5.41, 5.74) is 0.0758. The molecule has 0 aliphatic heterocycles. The first-order chi connectivity index (χ1) is 13.8. The molecule has 162 valence electrons. The number of sulfonamides is 1. The van der Waals surface area contributed by atoms with Gasteiger partial charge in [0, 0.05) is 17.8 Å². The second kappa shape index (κ2) is 8.57. The zero-order valence-electron chi connectivity index (χ0n) is 15.6. The molecule has 0 spiro atoms. The second-order valence-corrected chi connectivity index (χ2v) is 8.02. The summed E-state index contributed by atoms with van der Waals surface area (Å²) in [6.07, 6.45) is -4.03. The number of nitro groups is 1. The number of anilines is 2. The lowest BCUT2D eigenvalue weighted by atomic mass is 10.2. The fourth-order valence-corrected chi connectivity index (χ4v) is 3.34. The highest BCUT2D eigenvalue weighted by atomic mass is 32.2. The Balaban J connectivity index is 2.21. The van der Waals surface area contributed by atoms with E-state index in [2.05, 4.69) is 10.1 Å². The third-order valence-electron chi connectivity index (χ3n) is 3.73. The number of halogens is 3. The van der Waals surface area contributed by atoms with E-state index in [9.17, 15) is 36.5 Å². The molecule has 0 radical (unpaired) electrons. The zero-order chi connectivity index (χ0) is 22.7. The first-order valence-electron chi connectivity index (χ1n) is 8.15. The van der Waals surface area contributed by atoms with Gasteiger partial charge in [-0.1, -0.05) is 6.07 Å². The molecule has 0 heterocycles. The molecule has 0 aliphatic carbocycles. The van der Waals surface area contributed by atoms with E-state index in [4.69, 9.17) is 0 Å². The number of benzene rings is 2. The highest BCUT2D eigenvalue weighted by Crippen LogP contribution is 2.28. The third kappa shape index (κ3) is 6.34. The maximum atomic E-state index is 12.3. The Morgan fingerprint density at radius 1 is 1.20 bits per heavy atom. The number of amides is 1. The molecule has 0 bridgehead atoms. The van der Waals surface area contributed by atoms with Gasteiger partial charge in [-0.05, 0) is 36.8 Å². The minimum atomic E-state index is -4.86. The van der Waals surface area contributed by atoms with E-state index in [1.54, 1.807) is 0 Å². The minimum absolute atomic E-state index is 0.0456. The number of rotatable bonds is 7. The fraction of sp³-hybridized carbons (Fsp3) is 0.235. The first-order valence-corrected chi connectivity index (χ1v) is 9.99. The summed E-state index contributed by atoms with van der Waals surface area (Å²) >= 11 is 0. The van der Waals surface area contributed by atoms with Gasteiger partial charge in [0.05, 0.1) is 16.9 Å². The molecule has 2 aromatic rings. The number of carbonyl (C=O) groups excluding carboxylic acids is 1. The Hall–Kier alpha value is -3.35. The summed E-state index contributed by atoms with van der Waals surface area (Å²) in [7, 11) is -3.99. The number of carbonyl (C=O) groups is 1. The van der Waals surface area contributed by atoms with Gasteiger partial charge in [0.1, 0.15) is 12.3 Å². The number of ether oxygens (including phenoxy) is 1. The standard InChI is InChI=1S/C17H16F3N3O6S/c1-11-3-6-13(23(25)26)9-15(11)22(30(2,27)28)10-16(24)21-12-4-7-14(8-5-12)29-17(18,19)20/h3-9H,10H2,1-2H3,(H,21,24). The molecular weight excluding hydrogens is 431 g/mol. The predicted octanol–water partition coefficient (Wildman–Crippen LogP) is 3.21. The lowest BCUT2D eigenvalue weighted by Gasteiger charge is -2.23. The molecule has 0 saturated carbocycles. The smallest absolute Gasteiger partial charge is 0.406 e. The Kier molecular flexibility index (Phi) is 6.55. The van der Waals surface area contributed by atoms with Crippen LogP contribution in [0.3, 0.4) is 0 Å². The molecule has 0 aliphatic rings. The van der Waals surface area contributed by atoms with E-state index in [-0.39, 0.29) is 17.1 Å². The van der Waals surface area contributed by atoms with Gasteiger partial charge in [-0.15, -0.1) is 13.2 Å². The average molecular weight is 447 g/mol. The second-order valence-electron chi connectivity index (χ2n) is 6.12. The Morgan fingerprint density at radius 2 is 1.80 bits per heavy atom. The van der Waals surface area contributed by atoms with Crippen LogP contribution in [0.4, 0.5) is 30.2 Å². The largest absolute Gasteiger partial charge is 0.573 e. The number of non-ortho nitro benzene ring substituents is 1. The van der Waals surface area contributed by atoms with Crippen molar-refractivity contribution in [3.63, 3.8) is 0 Å². The first kappa shape index (κ1) is 22.9. The molecular formula is C17H16F3N3O6S. The number of hydrogen-bond donors (Lipinski definition) is 1. The molecule has 0 saturated heterocycles. The van der Waals surface area contributed by atoms with E-state index in [1.807, 2.05) is 0 Å². The molecule has 1 amide bonds. The van der Waals surface area contributed by atoms with Crippen LogP contribution in [0, 0.1) is 17.0 Å². The summed E-state index contributed by atoms with van der Waals surface area (Å²) in [6, 6.07) is 7.81. The van der Waals surface area contributed by atoms with Gasteiger partial charge in [0.2, 0.25) is 15.9 Å². The molecule has 9 nitrogen and oxygen atoms in total. The Labute approximate surface area is 169 Å². The van der Waals surface area contributed by atoms with E-state index in [0.29, 0.717) is 9.87 Å². The van der Waals surface area contributed by atoms with Crippen LogP contribution in [-0.4, -0.2) is 38.4 Å². The molecule has 30 heavy (non-hydrogen) atoms.